The lowest BCUT2D eigenvalue weighted by Crippen LogP contribution is -2.59. The number of rotatable bonds is 6. The zero-order chi connectivity index (χ0) is 19.5. The lowest BCUT2D eigenvalue weighted by atomic mass is 9.77. The normalized spacial score (nSPS) is 38.2. The Morgan fingerprint density at radius 1 is 1.31 bits per heavy atom. The Bertz CT molecular complexity index is 517. The molecule has 0 aromatic heterocycles. The van der Waals surface area contributed by atoms with Gasteiger partial charge in [-0.05, 0) is 24.3 Å². The van der Waals surface area contributed by atoms with E-state index in [0.717, 1.165) is 5.57 Å². The molecule has 6 atom stereocenters. The van der Waals surface area contributed by atoms with Crippen molar-refractivity contribution in [3.63, 3.8) is 0 Å². The minimum atomic E-state index is -1.45. The van der Waals surface area contributed by atoms with Crippen LogP contribution in [-0.2, 0) is 19.0 Å². The Labute approximate surface area is 153 Å². The van der Waals surface area contributed by atoms with Gasteiger partial charge in [0.2, 0.25) is 0 Å². The van der Waals surface area contributed by atoms with Crippen LogP contribution in [0.1, 0.15) is 40.0 Å². The summed E-state index contributed by atoms with van der Waals surface area (Å²) in [5.74, 6) is -0.122. The molecule has 0 spiro atoms. The topological polar surface area (TPSA) is 126 Å². The van der Waals surface area contributed by atoms with Crippen molar-refractivity contribution in [2.24, 2.45) is 5.92 Å². The quantitative estimate of drug-likeness (QED) is 0.374. The fourth-order valence-electron chi connectivity index (χ4n) is 3.44. The molecule has 4 N–H and O–H groups in total. The van der Waals surface area contributed by atoms with Crippen LogP contribution in [-0.4, -0.2) is 75.9 Å². The molecule has 8 nitrogen and oxygen atoms in total. The number of carbonyl (C=O) groups is 1. The molecular weight excluding hydrogens is 344 g/mol. The molecule has 1 aliphatic carbocycles. The van der Waals surface area contributed by atoms with Crippen LogP contribution >= 0.6 is 0 Å². The molecule has 0 saturated carbocycles. The third-order valence-electron chi connectivity index (χ3n) is 5.29. The summed E-state index contributed by atoms with van der Waals surface area (Å²) in [6.45, 7) is 5.13. The van der Waals surface area contributed by atoms with E-state index in [2.05, 4.69) is 0 Å². The average Bonchev–Trinajstić information content (AvgIpc) is 2.60. The van der Waals surface area contributed by atoms with Gasteiger partial charge in [-0.3, -0.25) is 4.79 Å². The minimum absolute atomic E-state index is 0.176. The molecule has 1 aliphatic heterocycles. The van der Waals surface area contributed by atoms with Gasteiger partial charge in [0, 0.05) is 13.3 Å². The molecular formula is C18H30O8. The standard InChI is InChI=1S/C18H30O8/c1-10(2)18(26-11(3)20)6-4-12(5-7-18)9-24-17-16(23)15(22)14(21)13(8-19)25-17/h4,10,13-17,19,21-23H,5-9H2,1-3H3/t13-,14-,15+,16-,17-,18?/m1/s1. The van der Waals surface area contributed by atoms with Crippen LogP contribution in [0.3, 0.4) is 0 Å². The van der Waals surface area contributed by atoms with Gasteiger partial charge in [-0.1, -0.05) is 19.9 Å². The van der Waals surface area contributed by atoms with E-state index < -0.39 is 42.9 Å². The second-order valence-corrected chi connectivity index (χ2v) is 7.39. The summed E-state index contributed by atoms with van der Waals surface area (Å²) in [5, 5.41) is 38.7. The van der Waals surface area contributed by atoms with E-state index in [0.29, 0.717) is 19.3 Å². The zero-order valence-corrected chi connectivity index (χ0v) is 15.5. The highest BCUT2D eigenvalue weighted by atomic mass is 16.7. The molecule has 0 bridgehead atoms. The van der Waals surface area contributed by atoms with E-state index in [1.165, 1.54) is 6.92 Å². The molecule has 2 rings (SSSR count). The molecule has 8 heteroatoms. The Kier molecular flexibility index (Phi) is 7.18. The molecule has 0 aromatic carbocycles. The average molecular weight is 374 g/mol. The molecule has 1 unspecified atom stereocenters. The fraction of sp³-hybridized carbons (Fsp3) is 0.833. The fourth-order valence-corrected chi connectivity index (χ4v) is 3.44. The summed E-state index contributed by atoms with van der Waals surface area (Å²) < 4.78 is 16.5. The first-order valence-corrected chi connectivity index (χ1v) is 9.00. The van der Waals surface area contributed by atoms with Crippen molar-refractivity contribution in [1.29, 1.82) is 0 Å². The summed E-state index contributed by atoms with van der Waals surface area (Å²) in [6, 6.07) is 0. The van der Waals surface area contributed by atoms with E-state index in [1.807, 2.05) is 19.9 Å². The Morgan fingerprint density at radius 3 is 2.50 bits per heavy atom. The molecule has 1 heterocycles. The van der Waals surface area contributed by atoms with Crippen LogP contribution in [0.4, 0.5) is 0 Å². The number of carbonyl (C=O) groups excluding carboxylic acids is 1. The van der Waals surface area contributed by atoms with Gasteiger partial charge >= 0.3 is 5.97 Å². The number of aliphatic hydroxyl groups excluding tert-OH is 4. The van der Waals surface area contributed by atoms with Crippen molar-refractivity contribution < 1.29 is 39.4 Å². The molecule has 150 valence electrons. The molecule has 0 radical (unpaired) electrons. The summed E-state index contributed by atoms with van der Waals surface area (Å²) in [6.07, 6.45) is -2.51. The van der Waals surface area contributed by atoms with Gasteiger partial charge in [0.05, 0.1) is 13.2 Å². The van der Waals surface area contributed by atoms with Crippen LogP contribution in [0.5, 0.6) is 0 Å². The minimum Gasteiger partial charge on any atom is -0.459 e. The van der Waals surface area contributed by atoms with Gasteiger partial charge in [0.25, 0.3) is 0 Å². The van der Waals surface area contributed by atoms with Crippen molar-refractivity contribution in [2.45, 2.75) is 76.3 Å². The zero-order valence-electron chi connectivity index (χ0n) is 15.5. The van der Waals surface area contributed by atoms with Gasteiger partial charge < -0.3 is 34.6 Å². The molecule has 26 heavy (non-hydrogen) atoms. The third-order valence-corrected chi connectivity index (χ3v) is 5.29. The van der Waals surface area contributed by atoms with Gasteiger partial charge in [0.1, 0.15) is 30.0 Å². The van der Waals surface area contributed by atoms with Crippen LogP contribution < -0.4 is 0 Å². The molecule has 1 fully saturated rings. The third kappa shape index (κ3) is 4.62. The molecule has 0 amide bonds. The second-order valence-electron chi connectivity index (χ2n) is 7.39. The van der Waals surface area contributed by atoms with Gasteiger partial charge in [-0.15, -0.1) is 0 Å². The van der Waals surface area contributed by atoms with E-state index in [4.69, 9.17) is 14.2 Å². The van der Waals surface area contributed by atoms with Gasteiger partial charge in [-0.25, -0.2) is 0 Å². The van der Waals surface area contributed by atoms with Crippen molar-refractivity contribution in [3.05, 3.63) is 11.6 Å². The van der Waals surface area contributed by atoms with Gasteiger partial charge in [-0.2, -0.15) is 0 Å². The molecule has 0 aromatic rings. The Hall–Kier alpha value is -1.03. The van der Waals surface area contributed by atoms with Crippen molar-refractivity contribution >= 4 is 5.97 Å². The lowest BCUT2D eigenvalue weighted by molar-refractivity contribution is -0.299. The number of hydrogen-bond acceptors (Lipinski definition) is 8. The SMILES string of the molecule is CC(=O)OC1(C(C)C)CC=C(CO[C@@H]2O[C@H](CO)[C@@H](O)[C@H](O)[C@H]2O)CC1. The summed E-state index contributed by atoms with van der Waals surface area (Å²) in [7, 11) is 0. The van der Waals surface area contributed by atoms with E-state index in [1.54, 1.807) is 0 Å². The van der Waals surface area contributed by atoms with Crippen LogP contribution in [0.25, 0.3) is 0 Å². The van der Waals surface area contributed by atoms with Crippen molar-refractivity contribution in [1.82, 2.24) is 0 Å². The highest BCUT2D eigenvalue weighted by molar-refractivity contribution is 5.66. The monoisotopic (exact) mass is 374 g/mol. The lowest BCUT2D eigenvalue weighted by Gasteiger charge is -2.41. The summed E-state index contributed by atoms with van der Waals surface area (Å²) in [5.41, 5.74) is 0.462. The van der Waals surface area contributed by atoms with Gasteiger partial charge in [0.15, 0.2) is 6.29 Å². The maximum atomic E-state index is 11.4. The summed E-state index contributed by atoms with van der Waals surface area (Å²) >= 11 is 0. The smallest absolute Gasteiger partial charge is 0.303 e. The number of hydrogen-bond donors (Lipinski definition) is 4. The number of esters is 1. The van der Waals surface area contributed by atoms with Crippen molar-refractivity contribution in [3.8, 4) is 0 Å². The van der Waals surface area contributed by atoms with E-state index in [-0.39, 0.29) is 18.5 Å². The van der Waals surface area contributed by atoms with Crippen LogP contribution in [0.15, 0.2) is 11.6 Å². The van der Waals surface area contributed by atoms with Crippen LogP contribution in [0.2, 0.25) is 0 Å². The second kappa shape index (κ2) is 8.77. The number of ether oxygens (including phenoxy) is 3. The first-order valence-electron chi connectivity index (χ1n) is 9.00. The summed E-state index contributed by atoms with van der Waals surface area (Å²) in [4.78, 5) is 11.4. The van der Waals surface area contributed by atoms with Crippen molar-refractivity contribution in [2.75, 3.05) is 13.2 Å². The van der Waals surface area contributed by atoms with E-state index in [9.17, 15) is 25.2 Å². The highest BCUT2D eigenvalue weighted by Crippen LogP contribution is 2.37. The number of aliphatic hydroxyl groups is 4. The van der Waals surface area contributed by atoms with Crippen LogP contribution in [0, 0.1) is 5.92 Å². The first-order chi connectivity index (χ1) is 12.2. The maximum Gasteiger partial charge on any atom is 0.303 e. The predicted molar refractivity (Wildman–Crippen MR) is 91.0 cm³/mol. The highest BCUT2D eigenvalue weighted by Gasteiger charge is 2.44. The predicted octanol–water partition coefficient (Wildman–Crippen LogP) is -0.129. The molecule has 1 saturated heterocycles. The van der Waals surface area contributed by atoms with E-state index >= 15 is 0 Å². The largest absolute Gasteiger partial charge is 0.459 e. The Balaban J connectivity index is 1.95. The molecule has 2 aliphatic rings. The maximum absolute atomic E-state index is 11.4. The first kappa shape index (κ1) is 21.3. The Morgan fingerprint density at radius 2 is 2.00 bits per heavy atom.